The minimum atomic E-state index is -1.70. The molecule has 366 valence electrons. The minimum absolute atomic E-state index is 0.0374. The Labute approximate surface area is 391 Å². The van der Waals surface area contributed by atoms with Crippen LogP contribution in [0.2, 0.25) is 0 Å². The number of para-hydroxylation sites is 1. The summed E-state index contributed by atoms with van der Waals surface area (Å²) in [5.41, 5.74) is 23.9. The van der Waals surface area contributed by atoms with Crippen molar-refractivity contribution in [3.05, 3.63) is 71.9 Å². The van der Waals surface area contributed by atoms with E-state index in [0.29, 0.717) is 11.1 Å². The summed E-state index contributed by atoms with van der Waals surface area (Å²) in [7, 11) is 0. The van der Waals surface area contributed by atoms with Gasteiger partial charge >= 0.3 is 0 Å². The van der Waals surface area contributed by atoms with E-state index in [1.165, 1.54) is 6.92 Å². The lowest BCUT2D eigenvalue weighted by Gasteiger charge is -2.26. The highest BCUT2D eigenvalue weighted by Gasteiger charge is 2.33. The predicted octanol–water partition coefficient (Wildman–Crippen LogP) is -3.90. The molecule has 1 aliphatic rings. The summed E-state index contributed by atoms with van der Waals surface area (Å²) < 4.78 is 0. The van der Waals surface area contributed by atoms with Crippen molar-refractivity contribution in [2.24, 2.45) is 27.9 Å². The number of hydrogen-bond acceptors (Lipinski definition) is 11. The number of hydrogen-bond donors (Lipinski definition) is 13. The number of nitrogens with one attached hydrogen (secondary N) is 9. The molecule has 0 bridgehead atoms. The number of H-pyrrole nitrogens is 1. The monoisotopic (exact) mass is 944 g/mol. The number of fused-ring (bicyclic) bond motifs is 1. The molecule has 0 aliphatic carbocycles. The molecule has 1 aliphatic heterocycles. The molecule has 1 saturated heterocycles. The minimum Gasteiger partial charge on any atom is -0.370 e. The van der Waals surface area contributed by atoms with Crippen LogP contribution in [-0.4, -0.2) is 126 Å². The zero-order chi connectivity index (χ0) is 49.8. The summed E-state index contributed by atoms with van der Waals surface area (Å²) in [6, 6.07) is 7.33. The molecule has 68 heavy (non-hydrogen) atoms. The summed E-state index contributed by atoms with van der Waals surface area (Å²) in [5.74, 6) is -8.55. The van der Waals surface area contributed by atoms with E-state index in [9.17, 15) is 47.9 Å². The van der Waals surface area contributed by atoms with Crippen molar-refractivity contribution in [3.63, 3.8) is 0 Å². The third-order valence-corrected chi connectivity index (χ3v) is 10.7. The second kappa shape index (κ2) is 26.2. The molecule has 0 saturated carbocycles. The van der Waals surface area contributed by atoms with Gasteiger partial charge in [0.05, 0.1) is 13.0 Å². The van der Waals surface area contributed by atoms with E-state index >= 15 is 0 Å². The smallest absolute Gasteiger partial charge is 0.243 e. The molecule has 10 amide bonds. The van der Waals surface area contributed by atoms with Crippen molar-refractivity contribution in [1.82, 2.24) is 47.5 Å². The van der Waals surface area contributed by atoms with Crippen molar-refractivity contribution in [2.45, 2.75) is 101 Å². The molecule has 1 aromatic heterocycles. The van der Waals surface area contributed by atoms with Crippen molar-refractivity contribution in [2.75, 3.05) is 19.6 Å². The second-order valence-corrected chi connectivity index (χ2v) is 16.1. The number of aromatic nitrogens is 1. The number of amides is 10. The summed E-state index contributed by atoms with van der Waals surface area (Å²) in [6.07, 6.45) is 0.354. The quantitative estimate of drug-likeness (QED) is 0.0419. The highest BCUT2D eigenvalue weighted by molar-refractivity contribution is 5.98. The van der Waals surface area contributed by atoms with Gasteiger partial charge in [0, 0.05) is 56.4 Å². The Morgan fingerprint density at radius 3 is 2.12 bits per heavy atom. The fourth-order valence-corrected chi connectivity index (χ4v) is 7.31. The number of carbonyl (C=O) groups excluding carboxylic acids is 10. The Morgan fingerprint density at radius 1 is 0.750 bits per heavy atom. The average Bonchev–Trinajstić information content (AvgIpc) is 3.69. The van der Waals surface area contributed by atoms with Gasteiger partial charge in [0.2, 0.25) is 59.1 Å². The number of carbonyl (C=O) groups is 10. The van der Waals surface area contributed by atoms with Crippen LogP contribution in [0.15, 0.2) is 65.8 Å². The fraction of sp³-hybridized carbons (Fsp3) is 0.432. The first kappa shape index (κ1) is 52.6. The molecule has 6 atom stereocenters. The van der Waals surface area contributed by atoms with Crippen molar-refractivity contribution >= 4 is 75.9 Å². The number of benzene rings is 2. The first-order valence-electron chi connectivity index (χ1n) is 21.9. The highest BCUT2D eigenvalue weighted by Crippen LogP contribution is 2.19. The lowest BCUT2D eigenvalue weighted by molar-refractivity contribution is -0.136. The molecular weight excluding hydrogens is 885 g/mol. The van der Waals surface area contributed by atoms with Gasteiger partial charge in [-0.1, -0.05) is 48.5 Å². The standard InChI is InChI=1S/C44H60N14O10/c1-24(59)53-30(14-8-17-50-44(47)48)40(65)56-31-13-7-15-36(61)49-18-16-29(38(46)63)55-42(67)33(20-26-22-51-28-12-6-5-11-27(26)28)54-37(62)23-52-39(64)32(19-25-9-3-2-4-10-25)57-43(68)34(21-35(45)60)58-41(31)66/h2-6,9-12,22,29-34,51H,7-8,13-21,23H2,1H3,(H2,45,60)(H2,46,63)(H,49,61)(H,52,64)(H,53,59)(H,54,62)(H,55,67)(H,56,65)(H,57,68)(H,58,66)(H4,47,48,50)/t29?,30-,31?,32?,33-,34-/m0/s1. The largest absolute Gasteiger partial charge is 0.370 e. The molecule has 0 spiro atoms. The summed E-state index contributed by atoms with van der Waals surface area (Å²) in [5, 5.41) is 21.0. The highest BCUT2D eigenvalue weighted by atomic mass is 16.2. The maximum atomic E-state index is 14.0. The lowest BCUT2D eigenvalue weighted by atomic mass is 10.0. The predicted molar refractivity (Wildman–Crippen MR) is 247 cm³/mol. The van der Waals surface area contributed by atoms with Crippen LogP contribution < -0.4 is 65.5 Å². The molecule has 4 rings (SSSR count). The Hall–Kier alpha value is -8.05. The zero-order valence-electron chi connectivity index (χ0n) is 37.6. The molecule has 24 heteroatoms. The molecule has 17 N–H and O–H groups in total. The number of guanidine groups is 1. The Balaban J connectivity index is 1.66. The van der Waals surface area contributed by atoms with Gasteiger partial charge < -0.3 is 70.5 Å². The van der Waals surface area contributed by atoms with Crippen LogP contribution in [-0.2, 0) is 60.8 Å². The molecule has 3 aromatic rings. The molecule has 24 nitrogen and oxygen atoms in total. The fourth-order valence-electron chi connectivity index (χ4n) is 7.31. The number of nitrogens with two attached hydrogens (primary N) is 4. The van der Waals surface area contributed by atoms with Crippen LogP contribution in [0.3, 0.4) is 0 Å². The van der Waals surface area contributed by atoms with E-state index in [0.717, 1.165) is 10.9 Å². The van der Waals surface area contributed by atoms with Crippen LogP contribution in [0.4, 0.5) is 0 Å². The average molecular weight is 945 g/mol. The van der Waals surface area contributed by atoms with Gasteiger partial charge in [-0.2, -0.15) is 0 Å². The van der Waals surface area contributed by atoms with E-state index in [4.69, 9.17) is 22.9 Å². The normalized spacial score (nSPS) is 21.0. The summed E-state index contributed by atoms with van der Waals surface area (Å²) >= 11 is 0. The van der Waals surface area contributed by atoms with Crippen LogP contribution in [0, 0.1) is 0 Å². The van der Waals surface area contributed by atoms with Gasteiger partial charge in [0.15, 0.2) is 5.96 Å². The molecule has 1 fully saturated rings. The molecule has 0 radical (unpaired) electrons. The number of aromatic amines is 1. The van der Waals surface area contributed by atoms with Crippen LogP contribution >= 0.6 is 0 Å². The van der Waals surface area contributed by atoms with Gasteiger partial charge in [0.25, 0.3) is 0 Å². The number of rotatable bonds is 14. The van der Waals surface area contributed by atoms with E-state index < -0.39 is 108 Å². The van der Waals surface area contributed by atoms with E-state index in [-0.39, 0.29) is 70.4 Å². The zero-order valence-corrected chi connectivity index (χ0v) is 37.6. The van der Waals surface area contributed by atoms with E-state index in [1.807, 2.05) is 18.2 Å². The molecule has 2 heterocycles. The SMILES string of the molecule is CC(=O)N[C@@H](CCCN=C(N)N)C(=O)NC1CCCC(=O)NCCC(C(N)=O)NC(=O)[C@H](Cc2c[nH]c3ccccc23)NC(=O)CNC(=O)C(Cc2ccccc2)NC(=O)[C@H](CC(N)=O)NC1=O. The Bertz CT molecular complexity index is 2330. The summed E-state index contributed by atoms with van der Waals surface area (Å²) in [6.45, 7) is 0.456. The molecule has 3 unspecified atom stereocenters. The Kier molecular flexibility index (Phi) is 20.2. The second-order valence-electron chi connectivity index (χ2n) is 16.1. The maximum absolute atomic E-state index is 14.0. The van der Waals surface area contributed by atoms with Crippen molar-refractivity contribution < 1.29 is 47.9 Å². The number of aliphatic imine (C=N–C) groups is 1. The topological polar surface area (TPSA) is 399 Å². The van der Waals surface area contributed by atoms with Crippen LogP contribution in [0.5, 0.6) is 0 Å². The third-order valence-electron chi connectivity index (χ3n) is 10.7. The van der Waals surface area contributed by atoms with E-state index in [2.05, 4.69) is 52.5 Å². The number of nitrogens with zero attached hydrogens (tertiary/aromatic N) is 1. The van der Waals surface area contributed by atoms with Gasteiger partial charge in [-0.25, -0.2) is 0 Å². The Morgan fingerprint density at radius 2 is 1.43 bits per heavy atom. The van der Waals surface area contributed by atoms with Crippen molar-refractivity contribution in [3.8, 4) is 0 Å². The third kappa shape index (κ3) is 17.4. The maximum Gasteiger partial charge on any atom is 0.243 e. The van der Waals surface area contributed by atoms with Crippen molar-refractivity contribution in [1.29, 1.82) is 0 Å². The van der Waals surface area contributed by atoms with Gasteiger partial charge in [-0.15, -0.1) is 0 Å². The first-order valence-corrected chi connectivity index (χ1v) is 21.9. The summed E-state index contributed by atoms with van der Waals surface area (Å²) in [4.78, 5) is 140. The number of primary amides is 2. The van der Waals surface area contributed by atoms with Gasteiger partial charge in [-0.05, 0) is 49.3 Å². The first-order chi connectivity index (χ1) is 32.4. The van der Waals surface area contributed by atoms with Crippen LogP contribution in [0.25, 0.3) is 10.9 Å². The molecular formula is C44H60N14O10. The lowest BCUT2D eigenvalue weighted by Crippen LogP contribution is -2.59. The van der Waals surface area contributed by atoms with Gasteiger partial charge in [0.1, 0.15) is 36.3 Å². The van der Waals surface area contributed by atoms with Crippen LogP contribution in [0.1, 0.15) is 63.0 Å². The van der Waals surface area contributed by atoms with E-state index in [1.54, 1.807) is 42.6 Å². The van der Waals surface area contributed by atoms with Gasteiger partial charge in [-0.3, -0.25) is 52.9 Å². The molecule has 2 aromatic carbocycles.